The largest absolute Gasteiger partial charge is 0.481 e. The van der Waals surface area contributed by atoms with Crippen molar-refractivity contribution in [2.45, 2.75) is 63.5 Å². The van der Waals surface area contributed by atoms with Gasteiger partial charge in [-0.2, -0.15) is 0 Å². The van der Waals surface area contributed by atoms with Gasteiger partial charge in [-0.15, -0.1) is 0 Å². The molecule has 3 N–H and O–H groups in total. The number of hydrogen-bond donors (Lipinski definition) is 3. The normalized spacial score (nSPS) is 24.6. The van der Waals surface area contributed by atoms with Gasteiger partial charge in [0.1, 0.15) is 6.61 Å². The highest BCUT2D eigenvalue weighted by Crippen LogP contribution is 2.63. The molecule has 7 heteroatoms. The average Bonchev–Trinajstić information content (AvgIpc) is 3.28. The number of carbonyl (C=O) groups excluding carboxylic acids is 2. The summed E-state index contributed by atoms with van der Waals surface area (Å²) in [5, 5.41) is 15.0. The average molecular weight is 477 g/mol. The predicted molar refractivity (Wildman–Crippen MR) is 131 cm³/mol. The second kappa shape index (κ2) is 9.36. The summed E-state index contributed by atoms with van der Waals surface area (Å²) in [4.78, 5) is 36.5. The van der Waals surface area contributed by atoms with E-state index in [2.05, 4.69) is 34.9 Å². The molecule has 0 aromatic heterocycles. The van der Waals surface area contributed by atoms with Crippen LogP contribution in [0, 0.1) is 11.3 Å². The van der Waals surface area contributed by atoms with Gasteiger partial charge < -0.3 is 20.5 Å². The summed E-state index contributed by atoms with van der Waals surface area (Å²) in [7, 11) is 0. The van der Waals surface area contributed by atoms with E-state index in [1.807, 2.05) is 31.2 Å². The van der Waals surface area contributed by atoms with Gasteiger partial charge in [-0.25, -0.2) is 4.79 Å². The molecule has 2 aromatic carbocycles. The van der Waals surface area contributed by atoms with Crippen LogP contribution in [0.1, 0.15) is 62.5 Å². The lowest BCUT2D eigenvalue weighted by Gasteiger charge is -2.22. The summed E-state index contributed by atoms with van der Waals surface area (Å²) < 4.78 is 5.68. The SMILES string of the molecule is CCC(CCC(=O)O)NC(=O)C12CC(NC(=O)OCC3c4ccccc4-c4ccccc43)CC1C2. The molecular weight excluding hydrogens is 444 g/mol. The molecule has 35 heavy (non-hydrogen) atoms. The van der Waals surface area contributed by atoms with E-state index in [0.717, 1.165) is 12.8 Å². The zero-order chi connectivity index (χ0) is 24.6. The number of alkyl carbamates (subject to hydrolysis) is 1. The smallest absolute Gasteiger partial charge is 0.407 e. The topological polar surface area (TPSA) is 105 Å². The molecule has 4 unspecified atom stereocenters. The van der Waals surface area contributed by atoms with Crippen molar-refractivity contribution in [2.24, 2.45) is 11.3 Å². The lowest BCUT2D eigenvalue weighted by Crippen LogP contribution is -2.42. The molecule has 0 saturated heterocycles. The zero-order valence-corrected chi connectivity index (χ0v) is 20.0. The zero-order valence-electron chi connectivity index (χ0n) is 20.0. The second-order valence-electron chi connectivity index (χ2n) is 10.2. The number of hydrogen-bond acceptors (Lipinski definition) is 4. The van der Waals surface area contributed by atoms with E-state index in [1.54, 1.807) is 0 Å². The third-order valence-corrected chi connectivity index (χ3v) is 8.06. The van der Waals surface area contributed by atoms with Crippen molar-refractivity contribution in [2.75, 3.05) is 6.61 Å². The Balaban J connectivity index is 1.14. The van der Waals surface area contributed by atoms with Crippen LogP contribution in [0.15, 0.2) is 48.5 Å². The van der Waals surface area contributed by atoms with Gasteiger partial charge in [0.25, 0.3) is 0 Å². The highest BCUT2D eigenvalue weighted by Gasteiger charge is 2.65. The molecule has 0 bridgehead atoms. The van der Waals surface area contributed by atoms with Crippen LogP contribution in [0.4, 0.5) is 4.79 Å². The Morgan fingerprint density at radius 2 is 1.71 bits per heavy atom. The Labute approximate surface area is 205 Å². The number of carboxylic acid groups (broad SMARTS) is 1. The molecule has 2 saturated carbocycles. The molecule has 3 aliphatic rings. The Morgan fingerprint density at radius 3 is 2.34 bits per heavy atom. The van der Waals surface area contributed by atoms with E-state index >= 15 is 0 Å². The first-order valence-corrected chi connectivity index (χ1v) is 12.6. The van der Waals surface area contributed by atoms with E-state index in [4.69, 9.17) is 9.84 Å². The maximum absolute atomic E-state index is 13.0. The third kappa shape index (κ3) is 4.51. The number of amides is 2. The van der Waals surface area contributed by atoms with Crippen LogP contribution in [0.2, 0.25) is 0 Å². The van der Waals surface area contributed by atoms with Crippen LogP contribution in [0.3, 0.4) is 0 Å². The molecule has 2 aromatic rings. The van der Waals surface area contributed by atoms with Crippen molar-refractivity contribution in [3.8, 4) is 11.1 Å². The monoisotopic (exact) mass is 476 g/mol. The fourth-order valence-electron chi connectivity index (χ4n) is 6.10. The van der Waals surface area contributed by atoms with E-state index in [9.17, 15) is 14.4 Å². The lowest BCUT2D eigenvalue weighted by molar-refractivity contribution is -0.137. The van der Waals surface area contributed by atoms with Crippen molar-refractivity contribution >= 4 is 18.0 Å². The van der Waals surface area contributed by atoms with Crippen LogP contribution >= 0.6 is 0 Å². The Kier molecular flexibility index (Phi) is 6.26. The van der Waals surface area contributed by atoms with Gasteiger partial charge in [-0.1, -0.05) is 55.5 Å². The maximum Gasteiger partial charge on any atom is 0.407 e. The van der Waals surface area contributed by atoms with Crippen LogP contribution in [0.25, 0.3) is 11.1 Å². The minimum absolute atomic E-state index is 0.00317. The first-order chi connectivity index (χ1) is 16.9. The number of ether oxygens (including phenoxy) is 1. The molecular formula is C28H32N2O5. The van der Waals surface area contributed by atoms with Crippen molar-refractivity contribution in [3.63, 3.8) is 0 Å². The number of aliphatic carboxylic acids is 1. The molecule has 184 valence electrons. The van der Waals surface area contributed by atoms with Gasteiger partial charge in [0, 0.05) is 24.4 Å². The maximum atomic E-state index is 13.0. The van der Waals surface area contributed by atoms with E-state index < -0.39 is 17.5 Å². The first-order valence-electron chi connectivity index (χ1n) is 12.6. The molecule has 0 radical (unpaired) electrons. The van der Waals surface area contributed by atoms with Crippen molar-refractivity contribution in [3.05, 3.63) is 59.7 Å². The van der Waals surface area contributed by atoms with Gasteiger partial charge in [-0.05, 0) is 60.3 Å². The number of nitrogens with one attached hydrogen (secondary N) is 2. The molecule has 4 atom stereocenters. The summed E-state index contributed by atoms with van der Waals surface area (Å²) >= 11 is 0. The molecule has 3 aliphatic carbocycles. The number of rotatable bonds is 9. The molecule has 2 amide bonds. The van der Waals surface area contributed by atoms with Gasteiger partial charge >= 0.3 is 12.1 Å². The van der Waals surface area contributed by atoms with Crippen LogP contribution in [-0.2, 0) is 14.3 Å². The molecule has 0 heterocycles. The van der Waals surface area contributed by atoms with Crippen molar-refractivity contribution in [1.29, 1.82) is 0 Å². The molecule has 7 nitrogen and oxygen atoms in total. The summed E-state index contributed by atoms with van der Waals surface area (Å²) in [6.45, 7) is 2.22. The number of carboxylic acids is 1. The molecule has 2 fully saturated rings. The van der Waals surface area contributed by atoms with Crippen molar-refractivity contribution < 1.29 is 24.2 Å². The quantitative estimate of drug-likeness (QED) is 0.496. The number of benzene rings is 2. The van der Waals surface area contributed by atoms with Gasteiger partial charge in [0.05, 0.1) is 5.41 Å². The summed E-state index contributed by atoms with van der Waals surface area (Å²) in [5.41, 5.74) is 4.29. The van der Waals surface area contributed by atoms with E-state index in [1.165, 1.54) is 22.3 Å². The lowest BCUT2D eigenvalue weighted by atomic mass is 9.98. The number of carbonyl (C=O) groups is 3. The minimum atomic E-state index is -0.853. The van der Waals surface area contributed by atoms with Crippen LogP contribution in [0.5, 0.6) is 0 Å². The van der Waals surface area contributed by atoms with Crippen LogP contribution < -0.4 is 10.6 Å². The highest BCUT2D eigenvalue weighted by molar-refractivity contribution is 5.87. The second-order valence-corrected chi connectivity index (χ2v) is 10.2. The van der Waals surface area contributed by atoms with Gasteiger partial charge in [0.2, 0.25) is 5.91 Å². The third-order valence-electron chi connectivity index (χ3n) is 8.06. The van der Waals surface area contributed by atoms with E-state index in [-0.39, 0.29) is 42.9 Å². The number of fused-ring (bicyclic) bond motifs is 4. The summed E-state index contributed by atoms with van der Waals surface area (Å²) in [6.07, 6.45) is 2.92. The minimum Gasteiger partial charge on any atom is -0.481 e. The fraction of sp³-hybridized carbons (Fsp3) is 0.464. The Bertz CT molecular complexity index is 1100. The van der Waals surface area contributed by atoms with Crippen molar-refractivity contribution in [1.82, 2.24) is 10.6 Å². The molecule has 5 rings (SSSR count). The fourth-order valence-corrected chi connectivity index (χ4v) is 6.10. The van der Waals surface area contributed by atoms with Gasteiger partial charge in [-0.3, -0.25) is 9.59 Å². The van der Waals surface area contributed by atoms with Crippen LogP contribution in [-0.4, -0.2) is 41.8 Å². The molecule has 0 aliphatic heterocycles. The Hall–Kier alpha value is -3.35. The summed E-state index contributed by atoms with van der Waals surface area (Å²) in [5.74, 6) is -0.581. The highest BCUT2D eigenvalue weighted by atomic mass is 16.5. The van der Waals surface area contributed by atoms with Gasteiger partial charge in [0.15, 0.2) is 0 Å². The Morgan fingerprint density at radius 1 is 1.06 bits per heavy atom. The summed E-state index contributed by atoms with van der Waals surface area (Å²) in [6, 6.07) is 16.2. The molecule has 0 spiro atoms. The predicted octanol–water partition coefficient (Wildman–Crippen LogP) is 4.45. The standard InChI is InChI=1S/C28H32N2O5/c1-2-18(11-12-25(31)32)29-26(33)28-14-17(28)13-19(15-28)30-27(34)35-16-24-22-9-5-3-7-20(22)21-8-4-6-10-23(21)24/h3-10,17-19,24H,2,11-16H2,1H3,(H,29,33)(H,30,34)(H,31,32). The van der Waals surface area contributed by atoms with E-state index in [0.29, 0.717) is 19.3 Å². The first kappa shape index (κ1) is 23.4.